The van der Waals surface area contributed by atoms with E-state index in [1.54, 1.807) is 43.5 Å². The Morgan fingerprint density at radius 1 is 1.62 bits per heavy atom. The quantitative estimate of drug-likeness (QED) is 0.605. The number of hydrogen-bond acceptors (Lipinski definition) is 6. The summed E-state index contributed by atoms with van der Waals surface area (Å²) in [5, 5.41) is 11.1. The van der Waals surface area contributed by atoms with E-state index in [1.807, 2.05) is 0 Å². The second kappa shape index (κ2) is 6.73. The zero-order chi connectivity index (χ0) is 15.4. The highest BCUT2D eigenvalue weighted by atomic mass is 32.2. The average molecular weight is 322 g/mol. The Hall–Kier alpha value is -1.86. The number of aliphatic carboxylic acids is 1. The lowest BCUT2D eigenvalue weighted by molar-refractivity contribution is -0.310. The highest BCUT2D eigenvalue weighted by molar-refractivity contribution is 8.26. The van der Waals surface area contributed by atoms with Crippen LogP contribution in [0.4, 0.5) is 0 Å². The van der Waals surface area contributed by atoms with Gasteiger partial charge in [0.05, 0.1) is 23.2 Å². The lowest BCUT2D eigenvalue weighted by Gasteiger charge is -2.26. The molecule has 2 rings (SSSR count). The van der Waals surface area contributed by atoms with Crippen molar-refractivity contribution in [3.05, 3.63) is 41.2 Å². The molecule has 1 saturated heterocycles. The summed E-state index contributed by atoms with van der Waals surface area (Å²) in [7, 11) is 0. The van der Waals surface area contributed by atoms with Crippen molar-refractivity contribution < 1.29 is 19.1 Å². The first-order valence-electron chi connectivity index (χ1n) is 6.22. The molecule has 1 aliphatic rings. The molecular weight excluding hydrogens is 310 g/mol. The molecule has 0 unspecified atom stereocenters. The number of amides is 1. The molecule has 5 nitrogen and oxygen atoms in total. The predicted molar refractivity (Wildman–Crippen MR) is 81.9 cm³/mol. The summed E-state index contributed by atoms with van der Waals surface area (Å²) >= 11 is 6.16. The minimum atomic E-state index is -1.30. The highest BCUT2D eigenvalue weighted by Crippen LogP contribution is 2.33. The lowest BCUT2D eigenvalue weighted by Crippen LogP contribution is -2.49. The van der Waals surface area contributed by atoms with Gasteiger partial charge >= 0.3 is 0 Å². The summed E-state index contributed by atoms with van der Waals surface area (Å²) in [6, 6.07) is 2.50. The number of hydrogen-bond donors (Lipinski definition) is 0. The smallest absolute Gasteiger partial charge is 0.266 e. The third kappa shape index (κ3) is 3.43. The summed E-state index contributed by atoms with van der Waals surface area (Å²) in [5.74, 6) is -1.06. The number of carbonyl (C=O) groups is 2. The number of allylic oxidation sites excluding steroid dienone is 2. The second-order valence-corrected chi connectivity index (χ2v) is 5.87. The van der Waals surface area contributed by atoms with Crippen molar-refractivity contribution in [2.24, 2.45) is 0 Å². The minimum absolute atomic E-state index is 0.230. The van der Waals surface area contributed by atoms with Gasteiger partial charge in [0.25, 0.3) is 5.91 Å². The van der Waals surface area contributed by atoms with Crippen LogP contribution in [0.25, 0.3) is 6.08 Å². The monoisotopic (exact) mass is 322 g/mol. The Bertz CT molecular complexity index is 619. The van der Waals surface area contributed by atoms with E-state index in [9.17, 15) is 14.7 Å². The number of carboxylic acids is 1. The molecule has 1 aliphatic heterocycles. The van der Waals surface area contributed by atoms with Crippen LogP contribution in [-0.4, -0.2) is 27.1 Å². The minimum Gasteiger partial charge on any atom is -0.548 e. The number of thiocarbonyl (C=S) groups is 1. The van der Waals surface area contributed by atoms with Gasteiger partial charge in [0.2, 0.25) is 0 Å². The molecule has 1 amide bonds. The van der Waals surface area contributed by atoms with E-state index >= 15 is 0 Å². The first-order chi connectivity index (χ1) is 10.0. The van der Waals surface area contributed by atoms with Gasteiger partial charge in [0, 0.05) is 0 Å². The van der Waals surface area contributed by atoms with Crippen molar-refractivity contribution in [2.75, 3.05) is 0 Å². The Balaban J connectivity index is 2.15. The number of furan rings is 1. The van der Waals surface area contributed by atoms with Gasteiger partial charge in [0.15, 0.2) is 0 Å². The standard InChI is InChI=1S/C14H13NO4S2/c1-2-10(13(17)18)15-12(16)11(21-14(15)20)7-3-5-9-6-4-8-19-9/h3-8,10H,2H2,1H3,(H,17,18)/p-1/b5-3+,11-7-/t10-/m0/s1. The molecule has 110 valence electrons. The predicted octanol–water partition coefficient (Wildman–Crippen LogP) is 1.57. The first kappa shape index (κ1) is 15.5. The van der Waals surface area contributed by atoms with Crippen LogP contribution in [0, 0.1) is 0 Å². The molecule has 7 heteroatoms. The van der Waals surface area contributed by atoms with E-state index in [0.717, 1.165) is 16.7 Å². The van der Waals surface area contributed by atoms with E-state index in [0.29, 0.717) is 10.7 Å². The SMILES string of the molecule is CC[C@@H](C(=O)[O-])N1C(=O)/C(=C/C=C/c2ccco2)SC1=S. The van der Waals surface area contributed by atoms with E-state index in [-0.39, 0.29) is 10.7 Å². The van der Waals surface area contributed by atoms with Gasteiger partial charge in [-0.25, -0.2) is 0 Å². The van der Waals surface area contributed by atoms with Crippen LogP contribution in [0.2, 0.25) is 0 Å². The average Bonchev–Trinajstić information content (AvgIpc) is 3.03. The molecule has 0 radical (unpaired) electrons. The van der Waals surface area contributed by atoms with Crippen molar-refractivity contribution in [1.82, 2.24) is 4.90 Å². The fourth-order valence-electron chi connectivity index (χ4n) is 1.83. The zero-order valence-electron chi connectivity index (χ0n) is 11.1. The van der Waals surface area contributed by atoms with Gasteiger partial charge in [0.1, 0.15) is 10.1 Å². The highest BCUT2D eigenvalue weighted by Gasteiger charge is 2.36. The van der Waals surface area contributed by atoms with E-state index < -0.39 is 17.9 Å². The first-order valence-corrected chi connectivity index (χ1v) is 7.45. The van der Waals surface area contributed by atoms with E-state index in [2.05, 4.69) is 0 Å². The molecule has 0 saturated carbocycles. The maximum atomic E-state index is 12.2. The van der Waals surface area contributed by atoms with Crippen molar-refractivity contribution >= 4 is 46.3 Å². The molecule has 0 N–H and O–H groups in total. The summed E-state index contributed by atoms with van der Waals surface area (Å²) < 4.78 is 5.35. The van der Waals surface area contributed by atoms with E-state index in [1.165, 1.54) is 0 Å². The Morgan fingerprint density at radius 3 is 2.95 bits per heavy atom. The number of nitrogens with zero attached hydrogens (tertiary/aromatic N) is 1. The fraction of sp³-hybridized carbons (Fsp3) is 0.214. The second-order valence-electron chi connectivity index (χ2n) is 4.19. The van der Waals surface area contributed by atoms with Crippen LogP contribution in [-0.2, 0) is 9.59 Å². The van der Waals surface area contributed by atoms with Gasteiger partial charge in [-0.05, 0) is 30.7 Å². The summed E-state index contributed by atoms with van der Waals surface area (Å²) in [5.41, 5.74) is 0. The third-order valence-electron chi connectivity index (χ3n) is 2.85. The van der Waals surface area contributed by atoms with Crippen LogP contribution in [0.3, 0.4) is 0 Å². The molecule has 1 aromatic heterocycles. The zero-order valence-corrected chi connectivity index (χ0v) is 12.8. The lowest BCUT2D eigenvalue weighted by atomic mass is 10.2. The number of carbonyl (C=O) groups excluding carboxylic acids is 2. The third-order valence-corrected chi connectivity index (χ3v) is 4.19. The van der Waals surface area contributed by atoms with Crippen molar-refractivity contribution in [1.29, 1.82) is 0 Å². The van der Waals surface area contributed by atoms with Gasteiger partial charge in [-0.1, -0.05) is 37.0 Å². The maximum Gasteiger partial charge on any atom is 0.266 e. The number of carboxylic acid groups (broad SMARTS) is 1. The van der Waals surface area contributed by atoms with Crippen LogP contribution in [0.15, 0.2) is 39.9 Å². The molecule has 1 aromatic rings. The van der Waals surface area contributed by atoms with E-state index in [4.69, 9.17) is 16.6 Å². The van der Waals surface area contributed by atoms with Crippen molar-refractivity contribution in [3.63, 3.8) is 0 Å². The van der Waals surface area contributed by atoms with Gasteiger partial charge in [-0.15, -0.1) is 0 Å². The topological polar surface area (TPSA) is 73.6 Å². The Morgan fingerprint density at radius 2 is 2.38 bits per heavy atom. The molecule has 1 fully saturated rings. The maximum absolute atomic E-state index is 12.2. The Kier molecular flexibility index (Phi) is 4.98. The Labute approximate surface area is 131 Å². The summed E-state index contributed by atoms with van der Waals surface area (Å²) in [4.78, 5) is 24.8. The molecule has 21 heavy (non-hydrogen) atoms. The van der Waals surface area contributed by atoms with Gasteiger partial charge in [-0.2, -0.15) is 0 Å². The summed E-state index contributed by atoms with van der Waals surface area (Å²) in [6.07, 6.45) is 6.73. The molecule has 2 heterocycles. The van der Waals surface area contributed by atoms with Gasteiger partial charge in [-0.3, -0.25) is 9.69 Å². The number of thioether (sulfide) groups is 1. The molecule has 0 spiro atoms. The van der Waals surface area contributed by atoms with Crippen LogP contribution in [0.1, 0.15) is 19.1 Å². The molecule has 1 atom stereocenters. The van der Waals surface area contributed by atoms with Crippen LogP contribution >= 0.6 is 24.0 Å². The van der Waals surface area contributed by atoms with Gasteiger partial charge < -0.3 is 14.3 Å². The molecule has 0 aliphatic carbocycles. The molecule has 0 aromatic carbocycles. The van der Waals surface area contributed by atoms with Crippen molar-refractivity contribution in [3.8, 4) is 0 Å². The normalized spacial score (nSPS) is 18.9. The molecular formula is C14H12NO4S2-. The van der Waals surface area contributed by atoms with Crippen molar-refractivity contribution in [2.45, 2.75) is 19.4 Å². The fourth-order valence-corrected chi connectivity index (χ4v) is 3.14. The molecule has 0 bridgehead atoms. The van der Waals surface area contributed by atoms with Crippen LogP contribution < -0.4 is 5.11 Å². The largest absolute Gasteiger partial charge is 0.548 e. The van der Waals surface area contributed by atoms with Crippen LogP contribution in [0.5, 0.6) is 0 Å². The summed E-state index contributed by atoms with van der Waals surface area (Å²) in [6.45, 7) is 1.67. The number of rotatable bonds is 5.